The van der Waals surface area contributed by atoms with E-state index in [9.17, 15) is 4.79 Å². The maximum Gasteiger partial charge on any atom is 0.222 e. The first-order valence-corrected chi connectivity index (χ1v) is 12.5. The van der Waals surface area contributed by atoms with Crippen molar-refractivity contribution in [2.75, 3.05) is 42.3 Å². The molecular formula is C26H34N6O3. The average Bonchev–Trinajstić information content (AvgIpc) is 3.21. The molecule has 1 aliphatic carbocycles. The largest absolute Gasteiger partial charge is 0.488 e. The van der Waals surface area contributed by atoms with Gasteiger partial charge in [-0.05, 0) is 50.7 Å². The molecule has 0 radical (unpaired) electrons. The van der Waals surface area contributed by atoms with Crippen LogP contribution in [0, 0.1) is 0 Å². The van der Waals surface area contributed by atoms with Crippen LogP contribution in [0.3, 0.4) is 0 Å². The van der Waals surface area contributed by atoms with Crippen molar-refractivity contribution >= 4 is 35.5 Å². The Balaban J connectivity index is 1.35. The van der Waals surface area contributed by atoms with Crippen LogP contribution in [0.2, 0.25) is 0 Å². The number of nitrogens with one attached hydrogen (secondary N) is 1. The summed E-state index contributed by atoms with van der Waals surface area (Å²) < 4.78 is 12.7. The van der Waals surface area contributed by atoms with Gasteiger partial charge in [-0.1, -0.05) is 0 Å². The van der Waals surface area contributed by atoms with E-state index < -0.39 is 0 Å². The Bertz CT molecular complexity index is 1030. The molecule has 2 saturated heterocycles. The smallest absolute Gasteiger partial charge is 0.222 e. The Labute approximate surface area is 206 Å². The Morgan fingerprint density at radius 1 is 1.09 bits per heavy atom. The van der Waals surface area contributed by atoms with Crippen LogP contribution >= 0.6 is 0 Å². The average molecular weight is 479 g/mol. The van der Waals surface area contributed by atoms with Crippen molar-refractivity contribution < 1.29 is 14.3 Å². The van der Waals surface area contributed by atoms with Crippen LogP contribution in [0.1, 0.15) is 38.5 Å². The molecule has 186 valence electrons. The SMILES string of the molecule is CN(C)c1c(N=CC=O)cc(N2CC3CCC(C2)O3)cc1OC1CCC(Nc2ncccn2)CC1. The predicted octanol–water partition coefficient (Wildman–Crippen LogP) is 3.61. The number of hydrogen-bond donors (Lipinski definition) is 1. The fraction of sp³-hybridized carbons (Fsp3) is 0.538. The van der Waals surface area contributed by atoms with Crippen molar-refractivity contribution in [3.63, 3.8) is 0 Å². The van der Waals surface area contributed by atoms with Gasteiger partial charge < -0.3 is 24.6 Å². The van der Waals surface area contributed by atoms with E-state index in [1.807, 2.05) is 25.1 Å². The molecule has 9 heteroatoms. The standard InChI is InChI=1S/C26H34N6O3/c1-31(2)25-23(27-12-13-33)14-19(32-16-21-8-9-22(17-32)34-21)15-24(25)35-20-6-4-18(5-7-20)30-26-28-10-3-11-29-26/h3,10-15,18,20-22H,4-9,16-17H2,1-2H3,(H,28,29,30). The third-order valence-electron chi connectivity index (χ3n) is 7.04. The van der Waals surface area contributed by atoms with Crippen LogP contribution in [0.4, 0.5) is 23.0 Å². The van der Waals surface area contributed by atoms with E-state index in [0.29, 0.717) is 18.3 Å². The lowest BCUT2D eigenvalue weighted by molar-refractivity contribution is -0.102. The molecule has 2 aliphatic heterocycles. The molecule has 3 heterocycles. The number of aromatic nitrogens is 2. The van der Waals surface area contributed by atoms with Crippen LogP contribution in [0.15, 0.2) is 35.6 Å². The van der Waals surface area contributed by atoms with Crippen LogP contribution in [-0.2, 0) is 9.53 Å². The summed E-state index contributed by atoms with van der Waals surface area (Å²) in [7, 11) is 3.97. The van der Waals surface area contributed by atoms with Crippen molar-refractivity contribution in [1.29, 1.82) is 0 Å². The second-order valence-corrected chi connectivity index (χ2v) is 9.79. The van der Waals surface area contributed by atoms with E-state index >= 15 is 0 Å². The summed E-state index contributed by atoms with van der Waals surface area (Å²) in [5.41, 5.74) is 2.70. The van der Waals surface area contributed by atoms with E-state index in [2.05, 4.69) is 37.3 Å². The number of carbonyl (C=O) groups is 1. The summed E-state index contributed by atoms with van der Waals surface area (Å²) in [6.45, 7) is 1.73. The zero-order valence-electron chi connectivity index (χ0n) is 20.5. The summed E-state index contributed by atoms with van der Waals surface area (Å²) in [5.74, 6) is 1.49. The molecule has 1 saturated carbocycles. The van der Waals surface area contributed by atoms with E-state index in [1.165, 1.54) is 6.21 Å². The molecule has 35 heavy (non-hydrogen) atoms. The number of anilines is 3. The zero-order chi connectivity index (χ0) is 24.2. The number of aldehydes is 1. The van der Waals surface area contributed by atoms with Crippen LogP contribution in [0.25, 0.3) is 0 Å². The third-order valence-corrected chi connectivity index (χ3v) is 7.04. The first-order valence-electron chi connectivity index (χ1n) is 12.5. The van der Waals surface area contributed by atoms with Gasteiger partial charge in [0.1, 0.15) is 11.4 Å². The molecule has 3 fully saturated rings. The van der Waals surface area contributed by atoms with Gasteiger partial charge in [-0.3, -0.25) is 9.79 Å². The number of rotatable bonds is 8. The molecule has 2 aromatic rings. The fourth-order valence-corrected chi connectivity index (χ4v) is 5.40. The summed E-state index contributed by atoms with van der Waals surface area (Å²) in [5, 5.41) is 3.44. The Hall–Kier alpha value is -3.20. The number of fused-ring (bicyclic) bond motifs is 2. The number of nitrogens with zero attached hydrogens (tertiary/aromatic N) is 5. The lowest BCUT2D eigenvalue weighted by Crippen LogP contribution is -2.42. The fourth-order valence-electron chi connectivity index (χ4n) is 5.40. The maximum absolute atomic E-state index is 11.1. The molecule has 2 bridgehead atoms. The number of carbonyl (C=O) groups excluding carboxylic acids is 1. The van der Waals surface area contributed by atoms with Crippen LogP contribution < -0.4 is 19.9 Å². The summed E-state index contributed by atoms with van der Waals surface area (Å²) >= 11 is 0. The quantitative estimate of drug-likeness (QED) is 0.454. The molecule has 1 N–H and O–H groups in total. The summed E-state index contributed by atoms with van der Waals surface area (Å²) in [4.78, 5) is 28.5. The van der Waals surface area contributed by atoms with Crippen LogP contribution in [0.5, 0.6) is 5.75 Å². The van der Waals surface area contributed by atoms with Crippen molar-refractivity contribution in [2.45, 2.75) is 62.9 Å². The lowest BCUT2D eigenvalue weighted by Gasteiger charge is -2.35. The van der Waals surface area contributed by atoms with Crippen LogP contribution in [-0.4, -0.2) is 74.0 Å². The second kappa shape index (κ2) is 10.6. The highest BCUT2D eigenvalue weighted by atomic mass is 16.5. The minimum Gasteiger partial charge on any atom is -0.488 e. The maximum atomic E-state index is 11.1. The zero-order valence-corrected chi connectivity index (χ0v) is 20.5. The minimum atomic E-state index is 0.113. The number of hydrogen-bond acceptors (Lipinski definition) is 9. The Kier molecular flexibility index (Phi) is 7.13. The number of morpholine rings is 1. The first-order chi connectivity index (χ1) is 17.1. The highest BCUT2D eigenvalue weighted by Gasteiger charge is 2.34. The van der Waals surface area contributed by atoms with Gasteiger partial charge in [-0.15, -0.1) is 0 Å². The van der Waals surface area contributed by atoms with Gasteiger partial charge in [0.25, 0.3) is 0 Å². The normalized spacial score (nSPS) is 26.1. The summed E-state index contributed by atoms with van der Waals surface area (Å²) in [6.07, 6.45) is 12.3. The van der Waals surface area contributed by atoms with Gasteiger partial charge in [-0.2, -0.15) is 0 Å². The molecule has 3 aliphatic rings. The van der Waals surface area contributed by atoms with Gasteiger partial charge in [0.2, 0.25) is 5.95 Å². The topological polar surface area (TPSA) is 92.2 Å². The number of ether oxygens (including phenoxy) is 2. The van der Waals surface area contributed by atoms with E-state index in [1.54, 1.807) is 12.4 Å². The highest BCUT2D eigenvalue weighted by Crippen LogP contribution is 2.43. The number of benzene rings is 1. The molecule has 5 rings (SSSR count). The molecule has 0 amide bonds. The van der Waals surface area contributed by atoms with Gasteiger partial charge in [0.05, 0.1) is 30.2 Å². The molecule has 0 spiro atoms. The molecule has 9 nitrogen and oxygen atoms in total. The molecular weight excluding hydrogens is 444 g/mol. The van der Waals surface area contributed by atoms with Crippen molar-refractivity contribution in [3.8, 4) is 5.75 Å². The van der Waals surface area contributed by atoms with Gasteiger partial charge >= 0.3 is 0 Å². The van der Waals surface area contributed by atoms with Crippen molar-refractivity contribution in [1.82, 2.24) is 9.97 Å². The first kappa shape index (κ1) is 23.5. The predicted molar refractivity (Wildman–Crippen MR) is 137 cm³/mol. The Morgan fingerprint density at radius 3 is 2.46 bits per heavy atom. The van der Waals surface area contributed by atoms with E-state index in [0.717, 1.165) is 74.4 Å². The van der Waals surface area contributed by atoms with E-state index in [-0.39, 0.29) is 18.3 Å². The Morgan fingerprint density at radius 2 is 1.80 bits per heavy atom. The lowest BCUT2D eigenvalue weighted by atomic mass is 9.93. The van der Waals surface area contributed by atoms with Crippen molar-refractivity contribution in [3.05, 3.63) is 30.6 Å². The van der Waals surface area contributed by atoms with Gasteiger partial charge in [0.15, 0.2) is 6.29 Å². The monoisotopic (exact) mass is 478 g/mol. The number of aliphatic imine (C=N–C) groups is 1. The third kappa shape index (κ3) is 5.56. The van der Waals surface area contributed by atoms with Gasteiger partial charge in [0, 0.05) is 57.4 Å². The highest BCUT2D eigenvalue weighted by molar-refractivity contribution is 6.14. The second-order valence-electron chi connectivity index (χ2n) is 9.79. The molecule has 2 atom stereocenters. The summed E-state index contributed by atoms with van der Waals surface area (Å²) in [6, 6.07) is 6.37. The van der Waals surface area contributed by atoms with Crippen molar-refractivity contribution in [2.24, 2.45) is 4.99 Å². The van der Waals surface area contributed by atoms with E-state index in [4.69, 9.17) is 9.47 Å². The van der Waals surface area contributed by atoms with Gasteiger partial charge in [-0.25, -0.2) is 9.97 Å². The molecule has 1 aromatic carbocycles. The molecule has 2 unspecified atom stereocenters. The molecule has 1 aromatic heterocycles. The minimum absolute atomic E-state index is 0.113.